The van der Waals surface area contributed by atoms with E-state index in [1.54, 1.807) is 0 Å². The van der Waals surface area contributed by atoms with E-state index < -0.39 is 61.7 Å². The van der Waals surface area contributed by atoms with Gasteiger partial charge in [-0.05, 0) is 35.3 Å². The molecule has 1 aromatic heterocycles. The van der Waals surface area contributed by atoms with E-state index in [2.05, 4.69) is 20.9 Å². The van der Waals surface area contributed by atoms with Crippen LogP contribution in [0.25, 0.3) is 0 Å². The highest BCUT2D eigenvalue weighted by atomic mass is 79.9. The van der Waals surface area contributed by atoms with Gasteiger partial charge in [0.1, 0.15) is 6.04 Å². The highest BCUT2D eigenvalue weighted by Gasteiger charge is 2.49. The first-order chi connectivity index (χ1) is 14.0. The molecule has 1 unspecified atom stereocenters. The lowest BCUT2D eigenvalue weighted by molar-refractivity contribution is -0.182. The van der Waals surface area contributed by atoms with Crippen LogP contribution in [0.15, 0.2) is 16.7 Å². The molecule has 0 spiro atoms. The molecule has 2 amide bonds. The quantitative estimate of drug-likeness (QED) is 0.453. The second-order valence-corrected chi connectivity index (χ2v) is 7.03. The molecular weight excluding hydrogens is 517 g/mol. The second-order valence-electron chi connectivity index (χ2n) is 6.17. The number of carbonyl (C=O) groups excluding carboxylic acids is 1. The molecule has 0 aromatic carbocycles. The molecule has 0 saturated carbocycles. The predicted molar refractivity (Wildman–Crippen MR) is 93.3 cm³/mol. The van der Waals surface area contributed by atoms with Crippen molar-refractivity contribution in [3.63, 3.8) is 0 Å². The molecule has 1 aromatic rings. The monoisotopic (exact) mass is 533 g/mol. The minimum absolute atomic E-state index is 0.00752. The maximum Gasteiger partial charge on any atom is 0.414 e. The summed E-state index contributed by atoms with van der Waals surface area (Å²) in [7, 11) is 1.21. The number of pyridine rings is 1. The molecule has 1 rings (SSSR count). The van der Waals surface area contributed by atoms with Gasteiger partial charge in [-0.3, -0.25) is 4.98 Å². The Hall–Kier alpha value is -1.93. The van der Waals surface area contributed by atoms with Gasteiger partial charge >= 0.3 is 24.6 Å². The summed E-state index contributed by atoms with van der Waals surface area (Å²) < 4.78 is 122. The number of urea groups is 1. The van der Waals surface area contributed by atoms with E-state index in [-0.39, 0.29) is 15.1 Å². The standard InChI is InChI=1S/C16H17BrF9N3O2/c1-3-29(13(30)28-11(15(21,22)23)4-5-14(18,19)20)12(16(24,25)26)9-6-8(17)10(31-2)7-27-9/h6-7,11-12H,3-5H2,1-2H3,(H,28,30)/t11?,12-/m0/s1. The van der Waals surface area contributed by atoms with Crippen LogP contribution in [0.2, 0.25) is 0 Å². The molecule has 178 valence electrons. The topological polar surface area (TPSA) is 54.5 Å². The van der Waals surface area contributed by atoms with Crippen LogP contribution in [0.3, 0.4) is 0 Å². The molecule has 0 aliphatic carbocycles. The number of nitrogens with zero attached hydrogens (tertiary/aromatic N) is 2. The van der Waals surface area contributed by atoms with E-state index in [9.17, 15) is 44.3 Å². The fourth-order valence-corrected chi connectivity index (χ4v) is 3.04. The predicted octanol–water partition coefficient (Wildman–Crippen LogP) is 5.76. The third-order valence-electron chi connectivity index (χ3n) is 3.97. The molecule has 31 heavy (non-hydrogen) atoms. The van der Waals surface area contributed by atoms with Crippen LogP contribution < -0.4 is 10.1 Å². The minimum atomic E-state index is -5.31. The van der Waals surface area contributed by atoms with Crippen molar-refractivity contribution in [2.45, 2.75) is 50.4 Å². The van der Waals surface area contributed by atoms with Crippen molar-refractivity contribution in [2.75, 3.05) is 13.7 Å². The Morgan fingerprint density at radius 3 is 2.13 bits per heavy atom. The lowest BCUT2D eigenvalue weighted by atomic mass is 10.1. The van der Waals surface area contributed by atoms with Gasteiger partial charge in [0.05, 0.1) is 23.5 Å². The molecule has 0 fully saturated rings. The van der Waals surface area contributed by atoms with Crippen molar-refractivity contribution in [1.29, 1.82) is 0 Å². The molecular formula is C16H17BrF9N3O2. The lowest BCUT2D eigenvalue weighted by Gasteiger charge is -2.34. The first kappa shape index (κ1) is 27.1. The van der Waals surface area contributed by atoms with Crippen molar-refractivity contribution in [1.82, 2.24) is 15.2 Å². The average Bonchev–Trinajstić information content (AvgIpc) is 2.59. The second kappa shape index (κ2) is 10.1. The van der Waals surface area contributed by atoms with Gasteiger partial charge in [0, 0.05) is 13.0 Å². The molecule has 5 nitrogen and oxygen atoms in total. The summed E-state index contributed by atoms with van der Waals surface area (Å²) in [4.78, 5) is 15.9. The number of rotatable bonds is 7. The van der Waals surface area contributed by atoms with Crippen LogP contribution >= 0.6 is 15.9 Å². The van der Waals surface area contributed by atoms with Gasteiger partial charge in [0.25, 0.3) is 0 Å². The van der Waals surface area contributed by atoms with Crippen molar-refractivity contribution < 1.29 is 49.0 Å². The molecule has 0 aliphatic rings. The van der Waals surface area contributed by atoms with Gasteiger partial charge in [-0.1, -0.05) is 0 Å². The zero-order valence-electron chi connectivity index (χ0n) is 15.9. The summed E-state index contributed by atoms with van der Waals surface area (Å²) in [6, 6.07) is -6.74. The molecule has 0 radical (unpaired) electrons. The Kier molecular flexibility index (Phi) is 8.85. The van der Waals surface area contributed by atoms with E-state index in [1.807, 2.05) is 0 Å². The first-order valence-corrected chi connectivity index (χ1v) is 9.27. The van der Waals surface area contributed by atoms with E-state index >= 15 is 0 Å². The average molecular weight is 534 g/mol. The maximum absolute atomic E-state index is 13.7. The Balaban J connectivity index is 3.25. The van der Waals surface area contributed by atoms with Gasteiger partial charge in [0.15, 0.2) is 11.8 Å². The van der Waals surface area contributed by atoms with Crippen molar-refractivity contribution in [3.8, 4) is 5.75 Å². The highest BCUT2D eigenvalue weighted by molar-refractivity contribution is 9.10. The summed E-state index contributed by atoms with van der Waals surface area (Å²) in [6.45, 7) is 0.348. The number of amides is 2. The molecule has 0 bridgehead atoms. The van der Waals surface area contributed by atoms with E-state index in [0.29, 0.717) is 0 Å². The third kappa shape index (κ3) is 7.92. The minimum Gasteiger partial charge on any atom is -0.494 e. The molecule has 0 saturated heterocycles. The number of carbonyl (C=O) groups is 1. The number of alkyl halides is 9. The fourth-order valence-electron chi connectivity index (χ4n) is 2.54. The number of aromatic nitrogens is 1. The van der Waals surface area contributed by atoms with E-state index in [4.69, 9.17) is 4.74 Å². The van der Waals surface area contributed by atoms with Crippen LogP contribution in [0.4, 0.5) is 44.3 Å². The van der Waals surface area contributed by atoms with Crippen LogP contribution in [0.5, 0.6) is 5.75 Å². The van der Waals surface area contributed by atoms with Crippen molar-refractivity contribution in [2.24, 2.45) is 0 Å². The van der Waals surface area contributed by atoms with Crippen molar-refractivity contribution >= 4 is 22.0 Å². The number of hydrogen-bond donors (Lipinski definition) is 1. The van der Waals surface area contributed by atoms with Crippen LogP contribution in [0.1, 0.15) is 31.5 Å². The molecule has 2 atom stereocenters. The third-order valence-corrected chi connectivity index (χ3v) is 4.59. The Labute approximate surface area is 179 Å². The molecule has 1 heterocycles. The smallest absolute Gasteiger partial charge is 0.414 e. The van der Waals surface area contributed by atoms with Crippen molar-refractivity contribution in [3.05, 3.63) is 22.4 Å². The molecule has 0 aliphatic heterocycles. The zero-order chi connectivity index (χ0) is 24.2. The number of hydrogen-bond acceptors (Lipinski definition) is 3. The van der Waals surface area contributed by atoms with Gasteiger partial charge in [-0.25, -0.2) is 4.79 Å². The van der Waals surface area contributed by atoms with Crippen LogP contribution in [0, 0.1) is 0 Å². The van der Waals surface area contributed by atoms with Gasteiger partial charge in [-0.2, -0.15) is 39.5 Å². The Bertz CT molecular complexity index is 753. The zero-order valence-corrected chi connectivity index (χ0v) is 17.5. The van der Waals surface area contributed by atoms with Gasteiger partial charge in [0.2, 0.25) is 0 Å². The lowest BCUT2D eigenvalue weighted by Crippen LogP contribution is -2.53. The number of methoxy groups -OCH3 is 1. The first-order valence-electron chi connectivity index (χ1n) is 8.48. The summed E-state index contributed by atoms with van der Waals surface area (Å²) in [6.07, 6.45) is -18.0. The summed E-state index contributed by atoms with van der Waals surface area (Å²) in [5.41, 5.74) is -0.740. The number of halogens is 10. The van der Waals surface area contributed by atoms with Crippen LogP contribution in [-0.4, -0.2) is 54.1 Å². The number of nitrogens with one attached hydrogen (secondary N) is 1. The highest BCUT2D eigenvalue weighted by Crippen LogP contribution is 2.39. The molecule has 15 heteroatoms. The van der Waals surface area contributed by atoms with E-state index in [1.165, 1.54) is 12.4 Å². The van der Waals surface area contributed by atoms with Crippen LogP contribution in [-0.2, 0) is 0 Å². The van der Waals surface area contributed by atoms with Gasteiger partial charge < -0.3 is 15.0 Å². The van der Waals surface area contributed by atoms with E-state index in [0.717, 1.165) is 19.2 Å². The maximum atomic E-state index is 13.7. The Morgan fingerprint density at radius 1 is 1.16 bits per heavy atom. The summed E-state index contributed by atoms with van der Waals surface area (Å²) >= 11 is 2.95. The summed E-state index contributed by atoms with van der Waals surface area (Å²) in [5, 5.41) is 1.24. The fraction of sp³-hybridized carbons (Fsp3) is 0.625. The molecule has 1 N–H and O–H groups in total. The Morgan fingerprint density at radius 2 is 1.74 bits per heavy atom. The largest absolute Gasteiger partial charge is 0.494 e. The normalized spacial score (nSPS) is 14.7. The van der Waals surface area contributed by atoms with Gasteiger partial charge in [-0.15, -0.1) is 0 Å². The number of ether oxygens (including phenoxy) is 1. The SMILES string of the molecule is CCN(C(=O)NC(CCC(F)(F)F)C(F)(F)F)[C@@H](c1cc(Br)c(OC)cn1)C(F)(F)F. The summed E-state index contributed by atoms with van der Waals surface area (Å²) in [5.74, 6) is 0.0569.